The lowest BCUT2D eigenvalue weighted by Gasteiger charge is -2.22. The van der Waals surface area contributed by atoms with E-state index >= 15 is 0 Å². The van der Waals surface area contributed by atoms with Gasteiger partial charge in [0.15, 0.2) is 0 Å². The zero-order valence-corrected chi connectivity index (χ0v) is 12.0. The summed E-state index contributed by atoms with van der Waals surface area (Å²) in [6.45, 7) is 1.39. The highest BCUT2D eigenvalue weighted by Crippen LogP contribution is 2.30. The first-order valence-corrected chi connectivity index (χ1v) is 6.78. The van der Waals surface area contributed by atoms with Crippen LogP contribution in [0.5, 0.6) is 0 Å². The van der Waals surface area contributed by atoms with Gasteiger partial charge in [0.2, 0.25) is 5.91 Å². The summed E-state index contributed by atoms with van der Waals surface area (Å²) in [6.07, 6.45) is -0.406. The summed E-state index contributed by atoms with van der Waals surface area (Å²) < 4.78 is 5.17. The molecule has 1 aromatic rings. The summed E-state index contributed by atoms with van der Waals surface area (Å²) >= 11 is 0. The number of nitrogens with two attached hydrogens (primary N) is 1. The number of carbonyl (C=O) groups excluding carboxylic acids is 1. The summed E-state index contributed by atoms with van der Waals surface area (Å²) in [6, 6.07) is 7.48. The van der Waals surface area contributed by atoms with Crippen molar-refractivity contribution in [2.24, 2.45) is 11.7 Å². The monoisotopic (exact) mass is 289 g/mol. The van der Waals surface area contributed by atoms with E-state index in [-0.39, 0.29) is 12.3 Å². The van der Waals surface area contributed by atoms with E-state index in [0.717, 1.165) is 11.3 Å². The van der Waals surface area contributed by atoms with Gasteiger partial charge in [0.1, 0.15) is 0 Å². The highest BCUT2D eigenvalue weighted by molar-refractivity contribution is 5.74. The number of benzene rings is 1. The van der Waals surface area contributed by atoms with Crippen molar-refractivity contribution in [1.29, 1.82) is 5.26 Å². The summed E-state index contributed by atoms with van der Waals surface area (Å²) in [7, 11) is 1.59. The molecule has 1 saturated heterocycles. The molecule has 1 aliphatic rings. The Labute approximate surface area is 123 Å². The molecule has 0 saturated carbocycles. The first kappa shape index (κ1) is 15.3. The molecule has 21 heavy (non-hydrogen) atoms. The highest BCUT2D eigenvalue weighted by Gasteiger charge is 2.33. The SMILES string of the molecule is COCc1cc(C#N)ccc1N1C[C@@H](CC(N)=O)[C@H](O)C1. The molecule has 1 heterocycles. The summed E-state index contributed by atoms with van der Waals surface area (Å²) in [4.78, 5) is 13.0. The van der Waals surface area contributed by atoms with E-state index in [1.807, 2.05) is 11.0 Å². The molecule has 6 nitrogen and oxygen atoms in total. The zero-order valence-electron chi connectivity index (χ0n) is 12.0. The Kier molecular flexibility index (Phi) is 4.78. The van der Waals surface area contributed by atoms with Gasteiger partial charge >= 0.3 is 0 Å². The van der Waals surface area contributed by atoms with E-state index in [2.05, 4.69) is 6.07 Å². The number of amides is 1. The molecule has 1 aromatic carbocycles. The Balaban J connectivity index is 2.22. The van der Waals surface area contributed by atoms with E-state index in [1.165, 1.54) is 0 Å². The molecule has 0 aromatic heterocycles. The Morgan fingerprint density at radius 1 is 1.57 bits per heavy atom. The lowest BCUT2D eigenvalue weighted by molar-refractivity contribution is -0.119. The van der Waals surface area contributed by atoms with Crippen molar-refractivity contribution < 1.29 is 14.6 Å². The van der Waals surface area contributed by atoms with Crippen LogP contribution in [0.4, 0.5) is 5.69 Å². The standard InChI is InChI=1S/C15H19N3O3/c1-21-9-12-4-10(6-16)2-3-13(12)18-7-11(5-15(17)20)14(19)8-18/h2-4,11,14,19H,5,7-9H2,1H3,(H2,17,20)/t11-,14-/m1/s1. The number of carbonyl (C=O) groups is 1. The van der Waals surface area contributed by atoms with E-state index < -0.39 is 12.0 Å². The molecule has 112 valence electrons. The largest absolute Gasteiger partial charge is 0.391 e. The van der Waals surface area contributed by atoms with Crippen LogP contribution in [0.1, 0.15) is 17.5 Å². The third-order valence-corrected chi connectivity index (χ3v) is 3.72. The van der Waals surface area contributed by atoms with Gasteiger partial charge in [0.25, 0.3) is 0 Å². The minimum absolute atomic E-state index is 0.159. The number of nitrogens with zero attached hydrogens (tertiary/aromatic N) is 2. The van der Waals surface area contributed by atoms with Crippen molar-refractivity contribution in [1.82, 2.24) is 0 Å². The van der Waals surface area contributed by atoms with Gasteiger partial charge in [-0.1, -0.05) is 0 Å². The fraction of sp³-hybridized carbons (Fsp3) is 0.467. The number of aliphatic hydroxyl groups is 1. The van der Waals surface area contributed by atoms with Gasteiger partial charge in [-0.3, -0.25) is 4.79 Å². The Morgan fingerprint density at radius 3 is 2.95 bits per heavy atom. The lowest BCUT2D eigenvalue weighted by Crippen LogP contribution is -2.24. The maximum Gasteiger partial charge on any atom is 0.217 e. The second-order valence-corrected chi connectivity index (χ2v) is 5.29. The molecule has 1 amide bonds. The smallest absolute Gasteiger partial charge is 0.217 e. The van der Waals surface area contributed by atoms with Crippen LogP contribution in [0.3, 0.4) is 0 Å². The number of methoxy groups -OCH3 is 1. The second-order valence-electron chi connectivity index (χ2n) is 5.29. The Morgan fingerprint density at radius 2 is 2.33 bits per heavy atom. The van der Waals surface area contributed by atoms with E-state index in [1.54, 1.807) is 19.2 Å². The van der Waals surface area contributed by atoms with Crippen LogP contribution in [0.25, 0.3) is 0 Å². The fourth-order valence-corrected chi connectivity index (χ4v) is 2.74. The third-order valence-electron chi connectivity index (χ3n) is 3.72. The third kappa shape index (κ3) is 3.51. The van der Waals surface area contributed by atoms with Crippen LogP contribution in [0, 0.1) is 17.2 Å². The van der Waals surface area contributed by atoms with Crippen molar-refractivity contribution in [3.05, 3.63) is 29.3 Å². The van der Waals surface area contributed by atoms with Gasteiger partial charge in [-0.05, 0) is 18.2 Å². The molecule has 0 unspecified atom stereocenters. The molecular formula is C15H19N3O3. The van der Waals surface area contributed by atoms with E-state index in [0.29, 0.717) is 25.3 Å². The quantitative estimate of drug-likeness (QED) is 0.816. The minimum atomic E-state index is -0.580. The molecule has 0 radical (unpaired) electrons. The molecule has 3 N–H and O–H groups in total. The number of hydrogen-bond donors (Lipinski definition) is 2. The minimum Gasteiger partial charge on any atom is -0.391 e. The van der Waals surface area contributed by atoms with Gasteiger partial charge in [0, 0.05) is 43.8 Å². The van der Waals surface area contributed by atoms with Crippen molar-refractivity contribution >= 4 is 11.6 Å². The predicted octanol–water partition coefficient (Wildman–Crippen LogP) is 0.377. The normalized spacial score (nSPS) is 21.3. The molecular weight excluding hydrogens is 270 g/mol. The highest BCUT2D eigenvalue weighted by atomic mass is 16.5. The summed E-state index contributed by atoms with van der Waals surface area (Å²) in [5.74, 6) is -0.564. The van der Waals surface area contributed by atoms with Gasteiger partial charge in [-0.2, -0.15) is 5.26 Å². The van der Waals surface area contributed by atoms with Crippen molar-refractivity contribution in [2.45, 2.75) is 19.1 Å². The average molecular weight is 289 g/mol. The molecule has 0 bridgehead atoms. The first-order chi connectivity index (χ1) is 10.0. The number of rotatable bonds is 5. The number of anilines is 1. The molecule has 0 spiro atoms. The van der Waals surface area contributed by atoms with Gasteiger partial charge in [0.05, 0.1) is 24.3 Å². The van der Waals surface area contributed by atoms with Gasteiger partial charge < -0.3 is 20.5 Å². The predicted molar refractivity (Wildman–Crippen MR) is 77.4 cm³/mol. The fourth-order valence-electron chi connectivity index (χ4n) is 2.74. The van der Waals surface area contributed by atoms with Crippen molar-refractivity contribution in [3.63, 3.8) is 0 Å². The number of nitriles is 1. The van der Waals surface area contributed by atoms with Gasteiger partial charge in [-0.15, -0.1) is 0 Å². The molecule has 2 atom stereocenters. The Bertz CT molecular complexity index is 568. The van der Waals surface area contributed by atoms with Crippen molar-refractivity contribution in [3.8, 4) is 6.07 Å². The molecule has 1 fully saturated rings. The number of primary amides is 1. The maximum atomic E-state index is 11.0. The van der Waals surface area contributed by atoms with Crippen LogP contribution in [0.15, 0.2) is 18.2 Å². The molecule has 6 heteroatoms. The molecule has 1 aliphatic heterocycles. The van der Waals surface area contributed by atoms with Crippen LogP contribution in [0.2, 0.25) is 0 Å². The van der Waals surface area contributed by atoms with E-state index in [4.69, 9.17) is 15.7 Å². The summed E-state index contributed by atoms with van der Waals surface area (Å²) in [5.41, 5.74) is 7.59. The van der Waals surface area contributed by atoms with E-state index in [9.17, 15) is 9.90 Å². The zero-order chi connectivity index (χ0) is 15.4. The second kappa shape index (κ2) is 6.57. The number of hydrogen-bond acceptors (Lipinski definition) is 5. The molecule has 2 rings (SSSR count). The van der Waals surface area contributed by atoms with Gasteiger partial charge in [-0.25, -0.2) is 0 Å². The van der Waals surface area contributed by atoms with Crippen LogP contribution in [-0.2, 0) is 16.1 Å². The number of ether oxygens (including phenoxy) is 1. The van der Waals surface area contributed by atoms with Crippen LogP contribution < -0.4 is 10.6 Å². The average Bonchev–Trinajstić information content (AvgIpc) is 2.79. The number of aliphatic hydroxyl groups excluding tert-OH is 1. The lowest BCUT2D eigenvalue weighted by atomic mass is 10.0. The number of β-amino-alcohol motifs (C(OH)–C–C–N with tert-alkyl or cyclic N) is 1. The first-order valence-electron chi connectivity index (χ1n) is 6.78. The maximum absolute atomic E-state index is 11.0. The molecule has 0 aliphatic carbocycles. The van der Waals surface area contributed by atoms with Crippen LogP contribution >= 0.6 is 0 Å². The van der Waals surface area contributed by atoms with Crippen molar-refractivity contribution in [2.75, 3.05) is 25.1 Å². The van der Waals surface area contributed by atoms with Crippen LogP contribution in [-0.4, -0.2) is 37.3 Å². The summed E-state index contributed by atoms with van der Waals surface area (Å²) in [5, 5.41) is 19.0. The Hall–Kier alpha value is -2.10. The topological polar surface area (TPSA) is 99.6 Å².